The Morgan fingerprint density at radius 1 is 1.88 bits per heavy atom. The first kappa shape index (κ1) is 7.34. The zero-order valence-corrected chi connectivity index (χ0v) is 5.27. The quantitative estimate of drug-likeness (QED) is 0.550. The fourth-order valence-electron chi connectivity index (χ4n) is 0.343. The minimum Gasteiger partial charge on any atom is -0.313 e. The SMILES string of the molecule is CC(=O)C(C)CC=N. The summed E-state index contributed by atoms with van der Waals surface area (Å²) in [5.74, 6) is 0.195. The zero-order chi connectivity index (χ0) is 6.57. The van der Waals surface area contributed by atoms with E-state index in [2.05, 4.69) is 0 Å². The number of carbonyl (C=O) groups is 1. The second-order valence-electron chi connectivity index (χ2n) is 1.95. The van der Waals surface area contributed by atoms with Gasteiger partial charge in [-0.1, -0.05) is 6.92 Å². The Hall–Kier alpha value is -0.660. The van der Waals surface area contributed by atoms with Gasteiger partial charge in [0.05, 0.1) is 0 Å². The van der Waals surface area contributed by atoms with Crippen molar-refractivity contribution < 1.29 is 4.79 Å². The summed E-state index contributed by atoms with van der Waals surface area (Å²) in [7, 11) is 0. The number of hydrogen-bond donors (Lipinski definition) is 1. The minimum absolute atomic E-state index is 0.0347. The van der Waals surface area contributed by atoms with Gasteiger partial charge >= 0.3 is 0 Å². The van der Waals surface area contributed by atoms with Crippen LogP contribution < -0.4 is 0 Å². The van der Waals surface area contributed by atoms with E-state index in [1.54, 1.807) is 6.92 Å². The first-order chi connectivity index (χ1) is 3.68. The topological polar surface area (TPSA) is 40.9 Å². The monoisotopic (exact) mass is 113 g/mol. The van der Waals surface area contributed by atoms with Crippen molar-refractivity contribution in [1.82, 2.24) is 0 Å². The van der Waals surface area contributed by atoms with Crippen LogP contribution in [0.1, 0.15) is 20.3 Å². The number of ketones is 1. The third-order valence-electron chi connectivity index (χ3n) is 1.17. The van der Waals surface area contributed by atoms with Gasteiger partial charge in [-0.05, 0) is 19.6 Å². The van der Waals surface area contributed by atoms with E-state index in [1.807, 2.05) is 6.92 Å². The molecule has 1 unspecified atom stereocenters. The maximum absolute atomic E-state index is 10.4. The van der Waals surface area contributed by atoms with E-state index in [9.17, 15) is 4.79 Å². The van der Waals surface area contributed by atoms with Crippen LogP contribution in [-0.4, -0.2) is 12.0 Å². The van der Waals surface area contributed by atoms with Gasteiger partial charge in [0.1, 0.15) is 5.78 Å². The Morgan fingerprint density at radius 2 is 2.38 bits per heavy atom. The lowest BCUT2D eigenvalue weighted by molar-refractivity contribution is -0.120. The number of hydrogen-bond acceptors (Lipinski definition) is 2. The molecule has 0 aromatic rings. The largest absolute Gasteiger partial charge is 0.313 e. The van der Waals surface area contributed by atoms with Crippen LogP contribution in [0, 0.1) is 11.3 Å². The maximum atomic E-state index is 10.4. The summed E-state index contributed by atoms with van der Waals surface area (Å²) >= 11 is 0. The van der Waals surface area contributed by atoms with Gasteiger partial charge in [0.25, 0.3) is 0 Å². The molecular formula is C6H11NO. The van der Waals surface area contributed by atoms with Gasteiger partial charge in [0.15, 0.2) is 0 Å². The molecule has 8 heavy (non-hydrogen) atoms. The lowest BCUT2D eigenvalue weighted by Gasteiger charge is -1.98. The van der Waals surface area contributed by atoms with Crippen molar-refractivity contribution in [2.75, 3.05) is 0 Å². The Balaban J connectivity index is 3.46. The molecule has 0 spiro atoms. The van der Waals surface area contributed by atoms with Crippen LogP contribution in [0.4, 0.5) is 0 Å². The molecule has 1 N–H and O–H groups in total. The number of rotatable bonds is 3. The van der Waals surface area contributed by atoms with Crippen LogP contribution >= 0.6 is 0 Å². The second-order valence-corrected chi connectivity index (χ2v) is 1.95. The molecule has 2 nitrogen and oxygen atoms in total. The third kappa shape index (κ3) is 2.50. The van der Waals surface area contributed by atoms with Gasteiger partial charge in [0, 0.05) is 5.92 Å². The Bertz CT molecular complexity index is 98.7. The van der Waals surface area contributed by atoms with E-state index >= 15 is 0 Å². The highest BCUT2D eigenvalue weighted by atomic mass is 16.1. The van der Waals surface area contributed by atoms with Gasteiger partial charge in [-0.25, -0.2) is 0 Å². The molecule has 0 fully saturated rings. The summed E-state index contributed by atoms with van der Waals surface area (Å²) in [6.07, 6.45) is 1.85. The van der Waals surface area contributed by atoms with Crippen LogP contribution in [0.2, 0.25) is 0 Å². The molecule has 0 aromatic heterocycles. The normalized spacial score (nSPS) is 12.8. The Labute approximate surface area is 49.4 Å². The molecule has 0 aliphatic carbocycles. The van der Waals surface area contributed by atoms with Gasteiger partial charge in [0.2, 0.25) is 0 Å². The standard InChI is InChI=1S/C6H11NO/c1-5(3-4-7)6(2)8/h4-5,7H,3H2,1-2H3. The van der Waals surface area contributed by atoms with Crippen LogP contribution in [0.5, 0.6) is 0 Å². The van der Waals surface area contributed by atoms with Gasteiger partial charge in [-0.3, -0.25) is 4.79 Å². The molecule has 0 rings (SSSR count). The number of carbonyl (C=O) groups excluding carboxylic acids is 1. The van der Waals surface area contributed by atoms with Crippen molar-refractivity contribution in [2.45, 2.75) is 20.3 Å². The van der Waals surface area contributed by atoms with Gasteiger partial charge in [-0.15, -0.1) is 0 Å². The highest BCUT2D eigenvalue weighted by Crippen LogP contribution is 1.98. The summed E-state index contributed by atoms with van der Waals surface area (Å²) in [5.41, 5.74) is 0. The lowest BCUT2D eigenvalue weighted by Crippen LogP contribution is -2.05. The lowest BCUT2D eigenvalue weighted by atomic mass is 10.1. The minimum atomic E-state index is 0.0347. The van der Waals surface area contributed by atoms with Crippen molar-refractivity contribution >= 4 is 12.0 Å². The van der Waals surface area contributed by atoms with E-state index in [1.165, 1.54) is 6.21 Å². The van der Waals surface area contributed by atoms with Gasteiger partial charge in [-0.2, -0.15) is 0 Å². The summed E-state index contributed by atoms with van der Waals surface area (Å²) < 4.78 is 0. The fraction of sp³-hybridized carbons (Fsp3) is 0.667. The van der Waals surface area contributed by atoms with Crippen molar-refractivity contribution in [3.8, 4) is 0 Å². The van der Waals surface area contributed by atoms with E-state index < -0.39 is 0 Å². The van der Waals surface area contributed by atoms with Crippen LogP contribution in [0.15, 0.2) is 0 Å². The summed E-state index contributed by atoms with van der Waals surface area (Å²) in [4.78, 5) is 10.4. The molecular weight excluding hydrogens is 102 g/mol. The van der Waals surface area contributed by atoms with E-state index in [0.29, 0.717) is 6.42 Å². The van der Waals surface area contributed by atoms with Crippen LogP contribution in [0.3, 0.4) is 0 Å². The summed E-state index contributed by atoms with van der Waals surface area (Å²) in [6, 6.07) is 0. The van der Waals surface area contributed by atoms with E-state index in [0.717, 1.165) is 0 Å². The molecule has 0 amide bonds. The zero-order valence-electron chi connectivity index (χ0n) is 5.27. The second kappa shape index (κ2) is 3.36. The van der Waals surface area contributed by atoms with E-state index in [-0.39, 0.29) is 11.7 Å². The van der Waals surface area contributed by atoms with Crippen LogP contribution in [-0.2, 0) is 4.79 Å². The third-order valence-corrected chi connectivity index (χ3v) is 1.17. The number of Topliss-reactive ketones (excluding diaryl/α,β-unsaturated/α-hetero) is 1. The molecule has 1 atom stereocenters. The fourth-order valence-corrected chi connectivity index (χ4v) is 0.343. The average Bonchev–Trinajstić information content (AvgIpc) is 1.67. The van der Waals surface area contributed by atoms with Crippen molar-refractivity contribution in [3.63, 3.8) is 0 Å². The highest BCUT2D eigenvalue weighted by molar-refractivity contribution is 5.80. The average molecular weight is 113 g/mol. The maximum Gasteiger partial charge on any atom is 0.132 e. The summed E-state index contributed by atoms with van der Waals surface area (Å²) in [5, 5.41) is 6.65. The molecule has 0 saturated heterocycles. The molecule has 0 radical (unpaired) electrons. The predicted molar refractivity (Wildman–Crippen MR) is 33.2 cm³/mol. The smallest absolute Gasteiger partial charge is 0.132 e. The molecule has 46 valence electrons. The van der Waals surface area contributed by atoms with Crippen molar-refractivity contribution in [2.24, 2.45) is 5.92 Å². The molecule has 0 heterocycles. The molecule has 0 aliphatic rings. The van der Waals surface area contributed by atoms with Gasteiger partial charge < -0.3 is 5.41 Å². The summed E-state index contributed by atoms with van der Waals surface area (Å²) in [6.45, 7) is 3.38. The first-order valence-electron chi connectivity index (χ1n) is 2.68. The van der Waals surface area contributed by atoms with Crippen molar-refractivity contribution in [1.29, 1.82) is 5.41 Å². The van der Waals surface area contributed by atoms with E-state index in [4.69, 9.17) is 5.41 Å². The molecule has 0 aliphatic heterocycles. The molecule has 0 aromatic carbocycles. The molecule has 2 heteroatoms. The highest BCUT2D eigenvalue weighted by Gasteiger charge is 2.03. The van der Waals surface area contributed by atoms with Crippen molar-refractivity contribution in [3.05, 3.63) is 0 Å². The Morgan fingerprint density at radius 3 is 2.50 bits per heavy atom. The predicted octanol–water partition coefficient (Wildman–Crippen LogP) is 1.25. The molecule has 0 bridgehead atoms. The number of nitrogens with one attached hydrogen (secondary N) is 1. The van der Waals surface area contributed by atoms with Crippen LogP contribution in [0.25, 0.3) is 0 Å². The first-order valence-corrected chi connectivity index (χ1v) is 2.68. The Kier molecular flexibility index (Phi) is 3.08. The molecule has 0 saturated carbocycles.